The van der Waals surface area contributed by atoms with Gasteiger partial charge in [0.25, 0.3) is 5.91 Å². The number of ketones is 1. The van der Waals surface area contributed by atoms with E-state index in [-0.39, 0.29) is 18.3 Å². The molecular formula is C20H19N3O4S. The molecule has 1 N–H and O–H groups in total. The van der Waals surface area contributed by atoms with Gasteiger partial charge in [0, 0.05) is 22.5 Å². The second kappa shape index (κ2) is 8.18. The SMILES string of the molecule is Cc1ncsc1C(=O)OCC(=O)c1cc(C)n(NC(=O)c2ccccc2)c1C. The predicted molar refractivity (Wildman–Crippen MR) is 106 cm³/mol. The van der Waals surface area contributed by atoms with Gasteiger partial charge in [-0.2, -0.15) is 0 Å². The van der Waals surface area contributed by atoms with Crippen molar-refractivity contribution in [1.82, 2.24) is 9.66 Å². The molecule has 2 heterocycles. The molecule has 3 rings (SSSR count). The fourth-order valence-electron chi connectivity index (χ4n) is 2.75. The van der Waals surface area contributed by atoms with E-state index in [1.807, 2.05) is 6.07 Å². The zero-order valence-corrected chi connectivity index (χ0v) is 16.5. The molecule has 3 aromatic rings. The van der Waals surface area contributed by atoms with Crippen LogP contribution in [-0.2, 0) is 4.74 Å². The molecule has 0 unspecified atom stereocenters. The average Bonchev–Trinajstić information content (AvgIpc) is 3.24. The fourth-order valence-corrected chi connectivity index (χ4v) is 3.44. The quantitative estimate of drug-likeness (QED) is 0.509. The summed E-state index contributed by atoms with van der Waals surface area (Å²) in [6, 6.07) is 10.5. The summed E-state index contributed by atoms with van der Waals surface area (Å²) in [6.07, 6.45) is 0. The van der Waals surface area contributed by atoms with E-state index in [1.165, 1.54) is 11.3 Å². The molecule has 0 aliphatic rings. The third kappa shape index (κ3) is 4.01. The van der Waals surface area contributed by atoms with E-state index in [4.69, 9.17) is 4.74 Å². The van der Waals surface area contributed by atoms with Gasteiger partial charge in [0.05, 0.1) is 11.2 Å². The molecule has 1 aromatic carbocycles. The summed E-state index contributed by atoms with van der Waals surface area (Å²) < 4.78 is 6.68. The maximum Gasteiger partial charge on any atom is 0.350 e. The van der Waals surface area contributed by atoms with Crippen molar-refractivity contribution in [3.8, 4) is 0 Å². The Morgan fingerprint density at radius 2 is 1.86 bits per heavy atom. The van der Waals surface area contributed by atoms with Crippen molar-refractivity contribution < 1.29 is 19.1 Å². The molecule has 2 aromatic heterocycles. The van der Waals surface area contributed by atoms with Gasteiger partial charge in [-0.05, 0) is 39.0 Å². The Labute approximate surface area is 165 Å². The van der Waals surface area contributed by atoms with Gasteiger partial charge >= 0.3 is 5.97 Å². The van der Waals surface area contributed by atoms with E-state index in [2.05, 4.69) is 10.4 Å². The van der Waals surface area contributed by atoms with Crippen LogP contribution < -0.4 is 5.43 Å². The normalized spacial score (nSPS) is 10.5. The summed E-state index contributed by atoms with van der Waals surface area (Å²) >= 11 is 1.17. The molecule has 28 heavy (non-hydrogen) atoms. The van der Waals surface area contributed by atoms with Gasteiger partial charge in [-0.15, -0.1) is 11.3 Å². The highest BCUT2D eigenvalue weighted by Crippen LogP contribution is 2.17. The summed E-state index contributed by atoms with van der Waals surface area (Å²) in [6.45, 7) is 4.83. The van der Waals surface area contributed by atoms with Crippen LogP contribution in [0.5, 0.6) is 0 Å². The van der Waals surface area contributed by atoms with Crippen LogP contribution in [0.1, 0.15) is 47.5 Å². The molecule has 0 bridgehead atoms. The van der Waals surface area contributed by atoms with Crippen molar-refractivity contribution in [1.29, 1.82) is 0 Å². The number of benzene rings is 1. The number of amides is 1. The Hall–Kier alpha value is -3.26. The second-order valence-corrected chi connectivity index (χ2v) is 7.05. The van der Waals surface area contributed by atoms with E-state index < -0.39 is 5.97 Å². The number of carbonyl (C=O) groups is 3. The average molecular weight is 397 g/mol. The van der Waals surface area contributed by atoms with E-state index in [9.17, 15) is 14.4 Å². The number of aryl methyl sites for hydroxylation is 2. The van der Waals surface area contributed by atoms with Gasteiger partial charge in [-0.25, -0.2) is 9.78 Å². The Bertz CT molecular complexity index is 1040. The lowest BCUT2D eigenvalue weighted by atomic mass is 10.1. The first-order valence-electron chi connectivity index (χ1n) is 8.54. The van der Waals surface area contributed by atoms with Crippen molar-refractivity contribution >= 4 is 29.0 Å². The highest BCUT2D eigenvalue weighted by atomic mass is 32.1. The van der Waals surface area contributed by atoms with Crippen LogP contribution in [-0.4, -0.2) is 33.9 Å². The van der Waals surface area contributed by atoms with E-state index in [0.29, 0.717) is 33.1 Å². The zero-order chi connectivity index (χ0) is 20.3. The number of nitrogens with zero attached hydrogens (tertiary/aromatic N) is 2. The van der Waals surface area contributed by atoms with Gasteiger partial charge < -0.3 is 4.74 Å². The highest BCUT2D eigenvalue weighted by molar-refractivity contribution is 7.11. The molecular weight excluding hydrogens is 378 g/mol. The number of nitrogens with one attached hydrogen (secondary N) is 1. The number of rotatable bonds is 6. The summed E-state index contributed by atoms with van der Waals surface area (Å²) in [4.78, 5) is 41.3. The molecule has 0 saturated heterocycles. The van der Waals surface area contributed by atoms with E-state index >= 15 is 0 Å². The molecule has 0 aliphatic heterocycles. The second-order valence-electron chi connectivity index (χ2n) is 6.19. The first-order valence-corrected chi connectivity index (χ1v) is 9.42. The number of aromatic nitrogens is 2. The fraction of sp³-hybridized carbons (Fsp3) is 0.200. The van der Waals surface area contributed by atoms with Crippen LogP contribution in [0.3, 0.4) is 0 Å². The maximum absolute atomic E-state index is 12.5. The number of hydrogen-bond acceptors (Lipinski definition) is 6. The first kappa shape index (κ1) is 19.5. The molecule has 0 radical (unpaired) electrons. The summed E-state index contributed by atoms with van der Waals surface area (Å²) in [5.74, 6) is -1.20. The monoisotopic (exact) mass is 397 g/mol. The van der Waals surface area contributed by atoms with Crippen LogP contribution >= 0.6 is 11.3 Å². The smallest absolute Gasteiger partial charge is 0.350 e. The minimum Gasteiger partial charge on any atom is -0.453 e. The van der Waals surface area contributed by atoms with Crippen LogP contribution in [0.25, 0.3) is 0 Å². The lowest BCUT2D eigenvalue weighted by molar-refractivity contribution is 0.0478. The van der Waals surface area contributed by atoms with E-state index in [1.54, 1.807) is 61.3 Å². The summed E-state index contributed by atoms with van der Waals surface area (Å²) in [5, 5.41) is 0. The summed E-state index contributed by atoms with van der Waals surface area (Å²) in [7, 11) is 0. The molecule has 0 aliphatic carbocycles. The molecule has 1 amide bonds. The van der Waals surface area contributed by atoms with Crippen LogP contribution in [0, 0.1) is 20.8 Å². The van der Waals surface area contributed by atoms with Gasteiger partial charge in [-0.3, -0.25) is 19.7 Å². The van der Waals surface area contributed by atoms with Crippen molar-refractivity contribution in [2.75, 3.05) is 12.0 Å². The lowest BCUT2D eigenvalue weighted by Gasteiger charge is -2.11. The molecule has 144 valence electrons. The Kier molecular flexibility index (Phi) is 5.70. The molecule has 0 fully saturated rings. The molecule has 0 atom stereocenters. The van der Waals surface area contributed by atoms with Gasteiger partial charge in [0.15, 0.2) is 6.61 Å². The third-order valence-electron chi connectivity index (χ3n) is 4.25. The standard InChI is InChI=1S/C20H19N3O4S/c1-12-9-16(17(24)10-27-20(26)18-13(2)21-11-28-18)14(3)23(12)22-19(25)15-7-5-4-6-8-15/h4-9,11H,10H2,1-3H3,(H,22,25). The molecule has 7 nitrogen and oxygen atoms in total. The lowest BCUT2D eigenvalue weighted by Crippen LogP contribution is -2.25. The number of Topliss-reactive ketones (excluding diaryl/α,β-unsaturated/α-hetero) is 1. The maximum atomic E-state index is 12.5. The van der Waals surface area contributed by atoms with Gasteiger partial charge in [0.1, 0.15) is 4.88 Å². The molecule has 8 heteroatoms. The predicted octanol–water partition coefficient (Wildman–Crippen LogP) is 3.29. The van der Waals surface area contributed by atoms with Gasteiger partial charge in [-0.1, -0.05) is 18.2 Å². The Morgan fingerprint density at radius 3 is 2.50 bits per heavy atom. The Balaban J connectivity index is 1.70. The van der Waals surface area contributed by atoms with Crippen LogP contribution in [0.15, 0.2) is 41.9 Å². The number of carbonyl (C=O) groups excluding carboxylic acids is 3. The Morgan fingerprint density at radius 1 is 1.14 bits per heavy atom. The number of esters is 1. The van der Waals surface area contributed by atoms with E-state index in [0.717, 1.165) is 0 Å². The number of thiazole rings is 1. The third-order valence-corrected chi connectivity index (χ3v) is 5.15. The van der Waals surface area contributed by atoms with Crippen molar-refractivity contribution in [2.45, 2.75) is 20.8 Å². The number of ether oxygens (including phenoxy) is 1. The molecule has 0 spiro atoms. The minimum atomic E-state index is -0.570. The van der Waals surface area contributed by atoms with Crippen LogP contribution in [0.2, 0.25) is 0 Å². The van der Waals surface area contributed by atoms with Crippen molar-refractivity contribution in [3.05, 3.63) is 75.0 Å². The van der Waals surface area contributed by atoms with Crippen molar-refractivity contribution in [2.24, 2.45) is 0 Å². The zero-order valence-electron chi connectivity index (χ0n) is 15.7. The first-order chi connectivity index (χ1) is 13.4. The molecule has 0 saturated carbocycles. The summed E-state index contributed by atoms with van der Waals surface area (Å²) in [5.41, 5.74) is 7.06. The topological polar surface area (TPSA) is 90.3 Å². The highest BCUT2D eigenvalue weighted by Gasteiger charge is 2.20. The van der Waals surface area contributed by atoms with Gasteiger partial charge in [0.2, 0.25) is 5.78 Å². The minimum absolute atomic E-state index is 0.284. The van der Waals surface area contributed by atoms with Crippen LogP contribution in [0.4, 0.5) is 0 Å². The largest absolute Gasteiger partial charge is 0.453 e. The number of hydrogen-bond donors (Lipinski definition) is 1. The van der Waals surface area contributed by atoms with Crippen molar-refractivity contribution in [3.63, 3.8) is 0 Å².